The minimum absolute atomic E-state index is 0.0183. The third-order valence-corrected chi connectivity index (χ3v) is 5.37. The number of carbonyl (C=O) groups excluding carboxylic acids is 3. The van der Waals surface area contributed by atoms with Crippen LogP contribution >= 0.6 is 11.6 Å². The molecule has 1 saturated heterocycles. The van der Waals surface area contributed by atoms with Crippen molar-refractivity contribution in [3.8, 4) is 0 Å². The van der Waals surface area contributed by atoms with Gasteiger partial charge >= 0.3 is 5.97 Å². The zero-order valence-electron chi connectivity index (χ0n) is 16.9. The number of benzene rings is 2. The van der Waals surface area contributed by atoms with Crippen LogP contribution in [-0.2, 0) is 14.3 Å². The smallest absolute Gasteiger partial charge is 0.312 e. The van der Waals surface area contributed by atoms with Gasteiger partial charge in [0.25, 0.3) is 0 Å². The van der Waals surface area contributed by atoms with E-state index in [2.05, 4.69) is 0 Å². The third kappa shape index (κ3) is 4.87. The number of ketones is 1. The Morgan fingerprint density at radius 2 is 1.90 bits per heavy atom. The molecule has 0 unspecified atom stereocenters. The fourth-order valence-electron chi connectivity index (χ4n) is 3.59. The van der Waals surface area contributed by atoms with Crippen molar-refractivity contribution in [1.29, 1.82) is 0 Å². The maximum absolute atomic E-state index is 13.1. The first-order valence-electron chi connectivity index (χ1n) is 9.74. The molecule has 0 bridgehead atoms. The highest BCUT2D eigenvalue weighted by Crippen LogP contribution is 2.29. The SMILES string of the molecule is Cc1ccc(N2C[C@@H](C(=O)O[C@H](CCCl)C(=O)c3ccc(F)cc3)CC2=O)c(C)c1. The summed E-state index contributed by atoms with van der Waals surface area (Å²) in [5, 5.41) is 0. The molecule has 0 radical (unpaired) electrons. The summed E-state index contributed by atoms with van der Waals surface area (Å²) < 4.78 is 18.6. The van der Waals surface area contributed by atoms with E-state index in [4.69, 9.17) is 16.3 Å². The molecule has 1 aliphatic heterocycles. The lowest BCUT2D eigenvalue weighted by Crippen LogP contribution is -2.32. The van der Waals surface area contributed by atoms with Gasteiger partial charge in [-0.2, -0.15) is 0 Å². The van der Waals surface area contributed by atoms with Crippen LogP contribution < -0.4 is 4.90 Å². The van der Waals surface area contributed by atoms with Crippen molar-refractivity contribution in [1.82, 2.24) is 0 Å². The van der Waals surface area contributed by atoms with Gasteiger partial charge in [0.1, 0.15) is 5.82 Å². The van der Waals surface area contributed by atoms with Gasteiger partial charge in [-0.15, -0.1) is 11.6 Å². The highest BCUT2D eigenvalue weighted by molar-refractivity contribution is 6.18. The number of aryl methyl sites for hydroxylation is 2. The van der Waals surface area contributed by atoms with Gasteiger partial charge in [-0.1, -0.05) is 17.7 Å². The minimum atomic E-state index is -1.08. The number of halogens is 2. The molecule has 2 aromatic rings. The molecule has 0 N–H and O–H groups in total. The van der Waals surface area contributed by atoms with Crippen LogP contribution in [0.1, 0.15) is 34.3 Å². The molecule has 1 fully saturated rings. The summed E-state index contributed by atoms with van der Waals surface area (Å²) in [4.78, 5) is 39.5. The first-order chi connectivity index (χ1) is 14.3. The maximum Gasteiger partial charge on any atom is 0.312 e. The fraction of sp³-hybridized carbons (Fsp3) is 0.348. The zero-order chi connectivity index (χ0) is 21.8. The van der Waals surface area contributed by atoms with Gasteiger partial charge in [0.15, 0.2) is 6.10 Å². The van der Waals surface area contributed by atoms with E-state index in [0.29, 0.717) is 0 Å². The topological polar surface area (TPSA) is 63.7 Å². The van der Waals surface area contributed by atoms with Crippen LogP contribution in [0, 0.1) is 25.6 Å². The van der Waals surface area contributed by atoms with E-state index in [1.54, 1.807) is 4.90 Å². The van der Waals surface area contributed by atoms with Crippen LogP contribution in [0.2, 0.25) is 0 Å². The molecular weight excluding hydrogens is 409 g/mol. The minimum Gasteiger partial charge on any atom is -0.454 e. The fourth-order valence-corrected chi connectivity index (χ4v) is 3.78. The summed E-state index contributed by atoms with van der Waals surface area (Å²) in [6.07, 6.45) is -0.930. The number of hydrogen-bond acceptors (Lipinski definition) is 4. The summed E-state index contributed by atoms with van der Waals surface area (Å²) in [7, 11) is 0. The van der Waals surface area contributed by atoms with E-state index >= 15 is 0 Å². The Morgan fingerprint density at radius 3 is 2.53 bits per heavy atom. The molecular formula is C23H23ClFNO4. The number of carbonyl (C=O) groups is 3. The lowest BCUT2D eigenvalue weighted by Gasteiger charge is -2.20. The van der Waals surface area contributed by atoms with Gasteiger partial charge in [0.05, 0.1) is 5.92 Å². The molecule has 1 heterocycles. The molecule has 0 spiro atoms. The molecule has 0 saturated carbocycles. The number of anilines is 1. The average Bonchev–Trinajstić information content (AvgIpc) is 3.09. The summed E-state index contributed by atoms with van der Waals surface area (Å²) in [5.41, 5.74) is 3.03. The molecule has 0 aliphatic carbocycles. The molecule has 0 aromatic heterocycles. The second kappa shape index (κ2) is 9.39. The van der Waals surface area contributed by atoms with Crippen LogP contribution in [0.5, 0.6) is 0 Å². The lowest BCUT2D eigenvalue weighted by molar-refractivity contribution is -0.151. The van der Waals surface area contributed by atoms with E-state index in [1.165, 1.54) is 24.3 Å². The monoisotopic (exact) mass is 431 g/mol. The number of rotatable bonds is 7. The molecule has 30 heavy (non-hydrogen) atoms. The second-order valence-corrected chi connectivity index (χ2v) is 7.85. The Kier molecular flexibility index (Phi) is 6.87. The first-order valence-corrected chi connectivity index (χ1v) is 10.3. The molecule has 1 amide bonds. The Labute approximate surface area is 179 Å². The van der Waals surface area contributed by atoms with Gasteiger partial charge in [0.2, 0.25) is 11.7 Å². The van der Waals surface area contributed by atoms with Crippen molar-refractivity contribution in [3.05, 3.63) is 65.0 Å². The number of ether oxygens (including phenoxy) is 1. The highest BCUT2D eigenvalue weighted by Gasteiger charge is 2.38. The van der Waals surface area contributed by atoms with E-state index in [-0.39, 0.29) is 36.7 Å². The number of amides is 1. The predicted octanol–water partition coefficient (Wildman–Crippen LogP) is 4.22. The van der Waals surface area contributed by atoms with Crippen molar-refractivity contribution >= 4 is 34.9 Å². The van der Waals surface area contributed by atoms with Gasteiger partial charge in [-0.25, -0.2) is 4.39 Å². The van der Waals surface area contributed by atoms with E-state index in [0.717, 1.165) is 16.8 Å². The second-order valence-electron chi connectivity index (χ2n) is 7.47. The third-order valence-electron chi connectivity index (χ3n) is 5.15. The molecule has 7 heteroatoms. The summed E-state index contributed by atoms with van der Waals surface area (Å²) >= 11 is 5.79. The van der Waals surface area contributed by atoms with Crippen LogP contribution in [0.25, 0.3) is 0 Å². The standard InChI is InChI=1S/C23H23ClFNO4/c1-14-3-8-19(15(2)11-14)26-13-17(12-21(26)27)23(29)30-20(9-10-24)22(28)16-4-6-18(25)7-5-16/h3-8,11,17,20H,9-10,12-13H2,1-2H3/t17-,20+/m0/s1. The summed E-state index contributed by atoms with van der Waals surface area (Å²) in [5.74, 6) is -2.24. The maximum atomic E-state index is 13.1. The number of esters is 1. The summed E-state index contributed by atoms with van der Waals surface area (Å²) in [6.45, 7) is 4.08. The number of nitrogens with zero attached hydrogens (tertiary/aromatic N) is 1. The number of Topliss-reactive ketones (excluding diaryl/α,β-unsaturated/α-hetero) is 1. The van der Waals surface area contributed by atoms with Gasteiger partial charge in [-0.05, 0) is 49.7 Å². The van der Waals surface area contributed by atoms with Crippen molar-refractivity contribution in [2.45, 2.75) is 32.8 Å². The van der Waals surface area contributed by atoms with Crippen molar-refractivity contribution in [3.63, 3.8) is 0 Å². The van der Waals surface area contributed by atoms with Crippen LogP contribution in [0.4, 0.5) is 10.1 Å². The molecule has 3 rings (SSSR count). The van der Waals surface area contributed by atoms with Crippen LogP contribution in [0.3, 0.4) is 0 Å². The quantitative estimate of drug-likeness (QED) is 0.374. The van der Waals surface area contributed by atoms with Crippen molar-refractivity contribution in [2.24, 2.45) is 5.92 Å². The first kappa shape index (κ1) is 22.0. The van der Waals surface area contributed by atoms with Crippen LogP contribution in [0.15, 0.2) is 42.5 Å². The van der Waals surface area contributed by atoms with E-state index in [9.17, 15) is 18.8 Å². The largest absolute Gasteiger partial charge is 0.454 e. The Balaban J connectivity index is 1.71. The molecule has 1 aliphatic rings. The Morgan fingerprint density at radius 1 is 1.20 bits per heavy atom. The highest BCUT2D eigenvalue weighted by atomic mass is 35.5. The Hall–Kier alpha value is -2.73. The Bertz CT molecular complexity index is 960. The van der Waals surface area contributed by atoms with Crippen LogP contribution in [-0.4, -0.2) is 36.2 Å². The predicted molar refractivity (Wildman–Crippen MR) is 112 cm³/mol. The molecule has 5 nitrogen and oxygen atoms in total. The number of hydrogen-bond donors (Lipinski definition) is 0. The normalized spacial score (nSPS) is 17.1. The zero-order valence-corrected chi connectivity index (χ0v) is 17.6. The lowest BCUT2D eigenvalue weighted by atomic mass is 10.0. The molecule has 2 atom stereocenters. The van der Waals surface area contributed by atoms with E-state index < -0.39 is 29.6 Å². The average molecular weight is 432 g/mol. The number of alkyl halides is 1. The molecule has 158 valence electrons. The van der Waals surface area contributed by atoms with Gasteiger partial charge in [-0.3, -0.25) is 14.4 Å². The summed E-state index contributed by atoms with van der Waals surface area (Å²) in [6, 6.07) is 10.8. The van der Waals surface area contributed by atoms with Gasteiger partial charge in [0, 0.05) is 36.5 Å². The van der Waals surface area contributed by atoms with E-state index in [1.807, 2.05) is 32.0 Å². The van der Waals surface area contributed by atoms with Crippen molar-refractivity contribution < 1.29 is 23.5 Å². The van der Waals surface area contributed by atoms with Crippen molar-refractivity contribution in [2.75, 3.05) is 17.3 Å². The molecule has 2 aromatic carbocycles. The van der Waals surface area contributed by atoms with Gasteiger partial charge < -0.3 is 9.64 Å².